The first kappa shape index (κ1) is 21.7. The summed E-state index contributed by atoms with van der Waals surface area (Å²) in [5.74, 6) is 1.32. The summed E-state index contributed by atoms with van der Waals surface area (Å²) in [4.78, 5) is 14.9. The van der Waals surface area contributed by atoms with E-state index in [0.717, 1.165) is 5.56 Å². The average molecular weight is 453 g/mol. The van der Waals surface area contributed by atoms with E-state index in [2.05, 4.69) is 4.72 Å². The summed E-state index contributed by atoms with van der Waals surface area (Å²) in [6, 6.07) is 16.7. The maximum absolute atomic E-state index is 13.2. The van der Waals surface area contributed by atoms with Gasteiger partial charge in [0.15, 0.2) is 5.75 Å². The SMILES string of the molecule is CCOc1ccc(S(=O)(=O)Nc2ccc3c(c2)C(=O)N(CC)c2ccccc2O3)cc1C. The van der Waals surface area contributed by atoms with Gasteiger partial charge in [-0.3, -0.25) is 9.52 Å². The second kappa shape index (κ2) is 8.55. The number of nitrogens with one attached hydrogen (secondary N) is 1. The molecule has 0 radical (unpaired) electrons. The van der Waals surface area contributed by atoms with Gasteiger partial charge in [-0.15, -0.1) is 0 Å². The van der Waals surface area contributed by atoms with Crippen molar-refractivity contribution in [1.29, 1.82) is 0 Å². The predicted molar refractivity (Wildman–Crippen MR) is 123 cm³/mol. The van der Waals surface area contributed by atoms with E-state index in [1.54, 1.807) is 42.2 Å². The van der Waals surface area contributed by atoms with Gasteiger partial charge in [0.05, 0.1) is 22.8 Å². The molecular formula is C24H24N2O5S. The lowest BCUT2D eigenvalue weighted by atomic mass is 10.1. The summed E-state index contributed by atoms with van der Waals surface area (Å²) in [5, 5.41) is 0. The normalized spacial score (nSPS) is 13.0. The van der Waals surface area contributed by atoms with E-state index in [4.69, 9.17) is 9.47 Å². The van der Waals surface area contributed by atoms with Crippen molar-refractivity contribution in [2.75, 3.05) is 22.8 Å². The van der Waals surface area contributed by atoms with Crippen molar-refractivity contribution in [3.8, 4) is 17.2 Å². The van der Waals surface area contributed by atoms with Crippen LogP contribution in [0.1, 0.15) is 29.8 Å². The Morgan fingerprint density at radius 1 is 1.00 bits per heavy atom. The van der Waals surface area contributed by atoms with Crippen molar-refractivity contribution >= 4 is 27.3 Å². The number of anilines is 2. The molecule has 0 aromatic heterocycles. The van der Waals surface area contributed by atoms with Crippen LogP contribution in [0.4, 0.5) is 11.4 Å². The van der Waals surface area contributed by atoms with Gasteiger partial charge >= 0.3 is 0 Å². The molecular weight excluding hydrogens is 428 g/mol. The molecule has 8 heteroatoms. The van der Waals surface area contributed by atoms with Gasteiger partial charge in [-0.1, -0.05) is 12.1 Å². The van der Waals surface area contributed by atoms with Gasteiger partial charge in [-0.2, -0.15) is 0 Å². The van der Waals surface area contributed by atoms with Crippen LogP contribution in [-0.2, 0) is 10.0 Å². The highest BCUT2D eigenvalue weighted by atomic mass is 32.2. The van der Waals surface area contributed by atoms with Crippen molar-refractivity contribution in [2.24, 2.45) is 0 Å². The van der Waals surface area contributed by atoms with Crippen LogP contribution < -0.4 is 19.1 Å². The fourth-order valence-electron chi connectivity index (χ4n) is 3.62. The van der Waals surface area contributed by atoms with Crippen LogP contribution in [0.15, 0.2) is 65.6 Å². The number of benzene rings is 3. The van der Waals surface area contributed by atoms with E-state index in [0.29, 0.717) is 36.1 Å². The Hall–Kier alpha value is -3.52. The molecule has 1 N–H and O–H groups in total. The van der Waals surface area contributed by atoms with Gasteiger partial charge in [0, 0.05) is 12.2 Å². The molecule has 0 saturated carbocycles. The summed E-state index contributed by atoms with van der Waals surface area (Å²) in [5.41, 5.74) is 1.94. The Bertz CT molecular complexity index is 1290. The van der Waals surface area contributed by atoms with E-state index in [-0.39, 0.29) is 22.1 Å². The number of sulfonamides is 1. The first-order chi connectivity index (χ1) is 15.3. The highest BCUT2D eigenvalue weighted by Gasteiger charge is 2.28. The van der Waals surface area contributed by atoms with Crippen LogP contribution in [-0.4, -0.2) is 27.5 Å². The topological polar surface area (TPSA) is 84.9 Å². The van der Waals surface area contributed by atoms with Crippen LogP contribution >= 0.6 is 0 Å². The van der Waals surface area contributed by atoms with Crippen LogP contribution in [0.2, 0.25) is 0 Å². The standard InChI is InChI=1S/C24H24N2O5S/c1-4-26-20-8-6-7-9-23(20)31-22-12-10-17(15-19(22)24(26)27)25-32(28,29)18-11-13-21(30-5-2)16(3)14-18/h6-15,25H,4-5H2,1-3H3. The van der Waals surface area contributed by atoms with Crippen LogP contribution in [0.5, 0.6) is 17.2 Å². The molecule has 1 heterocycles. The predicted octanol–water partition coefficient (Wildman–Crippen LogP) is 4.97. The third-order valence-electron chi connectivity index (χ3n) is 5.16. The van der Waals surface area contributed by atoms with Crippen LogP contribution in [0.3, 0.4) is 0 Å². The molecule has 0 spiro atoms. The fraction of sp³-hybridized carbons (Fsp3) is 0.208. The van der Waals surface area contributed by atoms with Gasteiger partial charge in [0.2, 0.25) is 0 Å². The highest BCUT2D eigenvalue weighted by Crippen LogP contribution is 2.39. The zero-order valence-corrected chi connectivity index (χ0v) is 18.9. The molecule has 32 heavy (non-hydrogen) atoms. The molecule has 0 aliphatic carbocycles. The fourth-order valence-corrected chi connectivity index (χ4v) is 4.76. The molecule has 1 aliphatic heterocycles. The number of ether oxygens (including phenoxy) is 2. The molecule has 166 valence electrons. The van der Waals surface area contributed by atoms with E-state index in [1.165, 1.54) is 12.1 Å². The lowest BCUT2D eigenvalue weighted by Gasteiger charge is -2.20. The molecule has 1 amide bonds. The Balaban J connectivity index is 1.67. The maximum Gasteiger partial charge on any atom is 0.262 e. The first-order valence-corrected chi connectivity index (χ1v) is 11.8. The molecule has 0 saturated heterocycles. The van der Waals surface area contributed by atoms with Crippen molar-refractivity contribution in [1.82, 2.24) is 0 Å². The maximum atomic E-state index is 13.2. The molecule has 3 aromatic rings. The quantitative estimate of drug-likeness (QED) is 0.571. The van der Waals surface area contributed by atoms with Gasteiger partial charge in [-0.25, -0.2) is 8.42 Å². The number of hydrogen-bond acceptors (Lipinski definition) is 5. The largest absolute Gasteiger partial charge is 0.494 e. The lowest BCUT2D eigenvalue weighted by molar-refractivity contribution is 0.0988. The monoisotopic (exact) mass is 452 g/mol. The molecule has 0 fully saturated rings. The van der Waals surface area contributed by atoms with E-state index >= 15 is 0 Å². The van der Waals surface area contributed by atoms with E-state index < -0.39 is 10.0 Å². The smallest absolute Gasteiger partial charge is 0.262 e. The Kier molecular flexibility index (Phi) is 5.80. The van der Waals surface area contributed by atoms with Crippen molar-refractivity contribution in [3.05, 3.63) is 71.8 Å². The lowest BCUT2D eigenvalue weighted by Crippen LogP contribution is -2.29. The van der Waals surface area contributed by atoms with Gasteiger partial charge in [0.25, 0.3) is 15.9 Å². The van der Waals surface area contributed by atoms with Gasteiger partial charge in [0.1, 0.15) is 11.5 Å². The molecule has 7 nitrogen and oxygen atoms in total. The molecule has 4 rings (SSSR count). The summed E-state index contributed by atoms with van der Waals surface area (Å²) in [6.07, 6.45) is 0. The second-order valence-electron chi connectivity index (χ2n) is 7.30. The number of fused-ring (bicyclic) bond motifs is 2. The molecule has 0 atom stereocenters. The van der Waals surface area contributed by atoms with E-state index in [1.807, 2.05) is 32.0 Å². The molecule has 0 unspecified atom stereocenters. The highest BCUT2D eigenvalue weighted by molar-refractivity contribution is 7.92. The molecule has 1 aliphatic rings. The molecule has 0 bridgehead atoms. The number of amides is 1. The Morgan fingerprint density at radius 3 is 2.50 bits per heavy atom. The average Bonchev–Trinajstić information content (AvgIpc) is 2.88. The number of hydrogen-bond donors (Lipinski definition) is 1. The van der Waals surface area contributed by atoms with Crippen molar-refractivity contribution in [2.45, 2.75) is 25.7 Å². The summed E-state index contributed by atoms with van der Waals surface area (Å²) < 4.78 is 39.9. The summed E-state index contributed by atoms with van der Waals surface area (Å²) >= 11 is 0. The summed E-state index contributed by atoms with van der Waals surface area (Å²) in [7, 11) is -3.86. The zero-order valence-electron chi connectivity index (χ0n) is 18.1. The number of carbonyl (C=O) groups excluding carboxylic acids is 1. The molecule has 3 aromatic carbocycles. The third-order valence-corrected chi connectivity index (χ3v) is 6.54. The van der Waals surface area contributed by atoms with Crippen molar-refractivity contribution in [3.63, 3.8) is 0 Å². The number of para-hydroxylation sites is 2. The Morgan fingerprint density at radius 2 is 1.78 bits per heavy atom. The zero-order chi connectivity index (χ0) is 22.9. The minimum absolute atomic E-state index is 0.110. The number of aryl methyl sites for hydroxylation is 1. The second-order valence-corrected chi connectivity index (χ2v) is 8.98. The minimum Gasteiger partial charge on any atom is -0.494 e. The minimum atomic E-state index is -3.86. The first-order valence-electron chi connectivity index (χ1n) is 10.3. The van der Waals surface area contributed by atoms with Crippen LogP contribution in [0.25, 0.3) is 0 Å². The summed E-state index contributed by atoms with van der Waals surface area (Å²) in [6.45, 7) is 6.47. The van der Waals surface area contributed by atoms with Crippen molar-refractivity contribution < 1.29 is 22.7 Å². The number of rotatable bonds is 6. The van der Waals surface area contributed by atoms with Crippen LogP contribution in [0, 0.1) is 6.92 Å². The Labute approximate surface area is 187 Å². The van der Waals surface area contributed by atoms with Gasteiger partial charge < -0.3 is 14.4 Å². The number of nitrogens with zero attached hydrogens (tertiary/aromatic N) is 1. The van der Waals surface area contributed by atoms with Gasteiger partial charge in [-0.05, 0) is 74.9 Å². The van der Waals surface area contributed by atoms with E-state index in [9.17, 15) is 13.2 Å². The third kappa shape index (κ3) is 4.01. The number of carbonyl (C=O) groups is 1.